The second-order valence-corrected chi connectivity index (χ2v) is 42.1. The summed E-state index contributed by atoms with van der Waals surface area (Å²) in [6.07, 6.45) is 0.346. The normalized spacial score (nSPS) is 20.6. The van der Waals surface area contributed by atoms with Gasteiger partial charge in [0.15, 0.2) is 5.58 Å². The third-order valence-electron chi connectivity index (χ3n) is 23.3. The van der Waals surface area contributed by atoms with Crippen molar-refractivity contribution in [2.45, 2.75) is 24.4 Å². The van der Waals surface area contributed by atoms with Gasteiger partial charge in [-0.3, -0.25) is 18.3 Å². The Labute approximate surface area is 751 Å². The molecular formula is C104H80O22P5+. The zero-order valence-electron chi connectivity index (χ0n) is 69.7. The average Bonchev–Trinajstić information content (AvgIpc) is 1.57. The van der Waals surface area contributed by atoms with E-state index in [2.05, 4.69) is 0 Å². The van der Waals surface area contributed by atoms with Gasteiger partial charge in [0, 0.05) is 54.6 Å². The summed E-state index contributed by atoms with van der Waals surface area (Å²) in [4.78, 5) is 0. The fourth-order valence-electron chi connectivity index (χ4n) is 16.6. The van der Waals surface area contributed by atoms with Crippen molar-refractivity contribution in [2.75, 3.05) is 52.9 Å². The number of phenols is 4. The van der Waals surface area contributed by atoms with E-state index >= 15 is 4.57 Å². The maximum absolute atomic E-state index is 15.0. The number of rotatable bonds is 16. The molecule has 16 aromatic carbocycles. The highest BCUT2D eigenvalue weighted by molar-refractivity contribution is 7.76. The summed E-state index contributed by atoms with van der Waals surface area (Å²) in [7, 11) is -16.1. The van der Waals surface area contributed by atoms with Gasteiger partial charge in [-0.1, -0.05) is 224 Å². The van der Waals surface area contributed by atoms with E-state index in [1.807, 2.05) is 237 Å². The van der Waals surface area contributed by atoms with Crippen LogP contribution in [0.15, 0.2) is 344 Å². The second-order valence-electron chi connectivity index (χ2n) is 31.9. The minimum absolute atomic E-state index is 0.0470. The Hall–Kier alpha value is -13.7. The Kier molecular flexibility index (Phi) is 22.5. The molecule has 652 valence electrons. The third kappa shape index (κ3) is 16.4. The Morgan fingerprint density at radius 1 is 0.290 bits per heavy atom. The molecule has 0 spiro atoms. The van der Waals surface area contributed by atoms with Crippen LogP contribution < -0.4 is 79.5 Å². The molecule has 4 fully saturated rings. The van der Waals surface area contributed by atoms with Crippen LogP contribution in [-0.2, 0) is 41.8 Å². The van der Waals surface area contributed by atoms with Crippen molar-refractivity contribution in [1.29, 1.82) is 0 Å². The van der Waals surface area contributed by atoms with Gasteiger partial charge < -0.3 is 76.4 Å². The quantitative estimate of drug-likeness (QED) is 0.0302. The smallest absolute Gasteiger partial charge is 0.508 e. The molecule has 0 radical (unpaired) electrons. The van der Waals surface area contributed by atoms with Crippen LogP contribution in [0.3, 0.4) is 0 Å². The summed E-state index contributed by atoms with van der Waals surface area (Å²) >= 11 is 0. The molecule has 9 unspecified atom stereocenters. The van der Waals surface area contributed by atoms with E-state index in [1.165, 1.54) is 24.3 Å². The van der Waals surface area contributed by atoms with Crippen molar-refractivity contribution in [2.24, 2.45) is 0 Å². The topological polar surface area (TPSA) is 303 Å². The van der Waals surface area contributed by atoms with Crippen LogP contribution in [0.2, 0.25) is 0 Å². The monoisotopic (exact) mass is 1840 g/mol. The van der Waals surface area contributed by atoms with Crippen molar-refractivity contribution in [1.82, 2.24) is 0 Å². The number of phenolic OH excluding ortho intramolecular Hbond substituents is 4. The summed E-state index contributed by atoms with van der Waals surface area (Å²) in [5.41, 5.74) is 7.67. The van der Waals surface area contributed by atoms with Gasteiger partial charge in [0.2, 0.25) is 5.12 Å². The molecule has 22 nitrogen and oxygen atoms in total. The van der Waals surface area contributed by atoms with Gasteiger partial charge in [-0.05, 0) is 142 Å². The SMILES string of the molecule is O=P1(c2cc(O)c3ccccc3c2O)Oc2ccccc2-c2ccccc21.O=P1(c2cc(O)ccc2O)Oc2ccccc2-c2ccccc21.O=P1(c2cc(OCC3CO3)c3ccccc3c2OCC2CO2)Oc2ccccc2-c2ccccc21.O=P1(c2cc(OCC3CO3)ccc2OCC2CO2)Oc2ccccc2-c2ccccc21.O=[p+]1oc2ccccc2c2ccccc21. The number of para-hydroxylation sites is 5. The predicted octanol–water partition coefficient (Wildman–Crippen LogP) is 20.5. The lowest BCUT2D eigenvalue weighted by Gasteiger charge is -2.30. The molecule has 25 rings (SSSR count). The maximum atomic E-state index is 15.0. The maximum Gasteiger partial charge on any atom is 0.597 e. The lowest BCUT2D eigenvalue weighted by Crippen LogP contribution is -2.27. The fraction of sp³-hybridized carbons (Fsp3) is 0.115. The van der Waals surface area contributed by atoms with Crippen molar-refractivity contribution in [3.05, 3.63) is 340 Å². The van der Waals surface area contributed by atoms with E-state index in [9.17, 15) is 38.7 Å². The van der Waals surface area contributed by atoms with Crippen LogP contribution >= 0.6 is 37.1 Å². The number of ether oxygens (including phenoxy) is 8. The van der Waals surface area contributed by atoms with Gasteiger partial charge in [-0.2, -0.15) is 0 Å². The van der Waals surface area contributed by atoms with Crippen LogP contribution in [0, 0.1) is 0 Å². The van der Waals surface area contributed by atoms with E-state index in [0.29, 0.717) is 147 Å². The summed E-state index contributed by atoms with van der Waals surface area (Å²) in [6, 6.07) is 103. The summed E-state index contributed by atoms with van der Waals surface area (Å²) in [5, 5.41) is 50.2. The predicted molar refractivity (Wildman–Crippen MR) is 507 cm³/mol. The summed E-state index contributed by atoms with van der Waals surface area (Å²) < 4.78 is 145. The van der Waals surface area contributed by atoms with Crippen LogP contribution in [-0.4, -0.2) is 97.7 Å². The largest absolute Gasteiger partial charge is 0.597 e. The lowest BCUT2D eigenvalue weighted by atomic mass is 10.0. The first-order chi connectivity index (χ1) is 64.0. The highest BCUT2D eigenvalue weighted by Crippen LogP contribution is 2.61. The zero-order chi connectivity index (χ0) is 89.1. The Bertz CT molecular complexity index is 7650. The summed E-state index contributed by atoms with van der Waals surface area (Å²) in [5.74, 6) is 4.05. The molecule has 8 aliphatic heterocycles. The number of benzene rings is 16. The van der Waals surface area contributed by atoms with Crippen molar-refractivity contribution in [3.8, 4) is 114 Å². The molecule has 9 atom stereocenters. The minimum atomic E-state index is -3.67. The Balaban J connectivity index is 0.000000101. The van der Waals surface area contributed by atoms with Gasteiger partial charge >= 0.3 is 37.1 Å². The number of aromatic hydroxyl groups is 4. The molecule has 0 bridgehead atoms. The van der Waals surface area contributed by atoms with Crippen molar-refractivity contribution >= 4 is 123 Å². The van der Waals surface area contributed by atoms with Gasteiger partial charge in [0.1, 0.15) is 120 Å². The molecule has 131 heavy (non-hydrogen) atoms. The Morgan fingerprint density at radius 3 is 1.16 bits per heavy atom. The van der Waals surface area contributed by atoms with E-state index in [0.717, 1.165) is 71.2 Å². The van der Waals surface area contributed by atoms with Crippen LogP contribution in [0.4, 0.5) is 0 Å². The van der Waals surface area contributed by atoms with E-state index in [4.69, 9.17) is 60.2 Å². The van der Waals surface area contributed by atoms with Gasteiger partial charge in [0.05, 0.1) is 68.9 Å². The lowest BCUT2D eigenvalue weighted by molar-refractivity contribution is 0.258. The standard InChI is InChI=1S/C28H23O6P.C24H21O6P.C22H15O4P.C18H13O4P.C12H8O2P/c29-35(26-12-6-4-9-22(26)20-7-3-5-11-24(20)34-35)27-13-25(32-16-18-14-30-18)21-8-1-2-10-23(21)28(27)33-17-19-15-31-19;25-31(23-8-4-2-6-20(23)19-5-1-3-7-21(19)30-31)24-11-16(26-12-17-13-27-17)9-10-22(24)29-15-18-14-28-18;23-18-13-21(22(24)17-10-2-1-7-14(17)18)27(25)20-12-6-4-9-16(20)15-8-3-5-11-19(15)26-27;19-12-9-10-15(20)18(11-12)23(21)17-8-4-2-6-14(17)13-5-1-3-7-16(13)22-23;13-15-12-8-4-2-6-10(12)9-5-1-3-7-11(9)14-15/h1-13,18-19H,14-17H2;1-11,17-18H,12-15H2;1-13,23-24H;1-11,19-20H;1-8H/q;;;;+1. The third-order valence-corrected chi connectivity index (χ3v) is 34.3. The minimum Gasteiger partial charge on any atom is -0.508 e. The fourth-order valence-corrected chi connectivity index (χ4v) is 27.2. The zero-order valence-corrected chi connectivity index (χ0v) is 74.1. The molecule has 4 saturated heterocycles. The van der Waals surface area contributed by atoms with E-state index in [1.54, 1.807) is 78.9 Å². The van der Waals surface area contributed by atoms with Crippen LogP contribution in [0.1, 0.15) is 0 Å². The first-order valence-electron chi connectivity index (χ1n) is 42.4. The molecule has 0 saturated carbocycles. The Morgan fingerprint density at radius 2 is 0.664 bits per heavy atom. The highest BCUT2D eigenvalue weighted by Gasteiger charge is 2.46. The van der Waals surface area contributed by atoms with Crippen molar-refractivity contribution in [3.63, 3.8) is 0 Å². The number of hydrogen-bond donors (Lipinski definition) is 4. The molecular weight excluding hydrogens is 1760 g/mol. The van der Waals surface area contributed by atoms with E-state index < -0.39 is 37.1 Å². The van der Waals surface area contributed by atoms with Gasteiger partial charge in [-0.25, -0.2) is 4.20 Å². The molecule has 27 heteroatoms. The number of hydrogen-bond acceptors (Lipinski definition) is 22. The molecule has 9 heterocycles. The molecule has 4 N–H and O–H groups in total. The van der Waals surface area contributed by atoms with E-state index in [-0.39, 0.29) is 58.0 Å². The van der Waals surface area contributed by atoms with Crippen LogP contribution in [0.5, 0.6) is 69.0 Å². The molecule has 8 aliphatic rings. The molecule has 17 aromatic rings. The number of fused-ring (bicyclic) bond motifs is 17. The average molecular weight is 1840 g/mol. The second kappa shape index (κ2) is 35.0. The molecule has 0 amide bonds. The summed E-state index contributed by atoms with van der Waals surface area (Å²) in [6.45, 7) is 4.43. The molecule has 0 aliphatic carbocycles. The first kappa shape index (κ1) is 84.2. The highest BCUT2D eigenvalue weighted by atomic mass is 31.2. The van der Waals surface area contributed by atoms with Crippen LogP contribution in [0.25, 0.3) is 87.5 Å². The van der Waals surface area contributed by atoms with Crippen molar-refractivity contribution < 1.29 is 103 Å². The number of epoxide rings is 4. The van der Waals surface area contributed by atoms with Gasteiger partial charge in [-0.15, -0.1) is 0 Å². The van der Waals surface area contributed by atoms with Gasteiger partial charge in [0.25, 0.3) is 0 Å². The first-order valence-corrected chi connectivity index (χ1v) is 50.1. The molecule has 1 aromatic heterocycles.